The molecule has 0 aliphatic heterocycles. The molecule has 0 aromatic heterocycles. The number of halogens is 9. The summed E-state index contributed by atoms with van der Waals surface area (Å²) in [7, 11) is 0. The predicted molar refractivity (Wildman–Crippen MR) is 62.6 cm³/mol. The van der Waals surface area contributed by atoms with Gasteiger partial charge in [-0.2, -0.15) is 39.5 Å². The average Bonchev–Trinajstić information content (AvgIpc) is 2.36. The number of nitrogens with one attached hydrogen (secondary N) is 1. The van der Waals surface area contributed by atoms with Crippen molar-refractivity contribution in [2.45, 2.75) is 57.6 Å². The van der Waals surface area contributed by atoms with Crippen LogP contribution in [-0.2, 0) is 4.79 Å². The number of hydrogen-bond acceptors (Lipinski definition) is 1. The first-order valence-electron chi connectivity index (χ1n) is 6.42. The van der Waals surface area contributed by atoms with Crippen LogP contribution in [0.25, 0.3) is 0 Å². The van der Waals surface area contributed by atoms with E-state index in [0.717, 1.165) is 0 Å². The van der Waals surface area contributed by atoms with Crippen molar-refractivity contribution >= 4 is 5.91 Å². The summed E-state index contributed by atoms with van der Waals surface area (Å²) in [5.74, 6) is -20.0. The van der Waals surface area contributed by atoms with Gasteiger partial charge in [0.15, 0.2) is 0 Å². The molecule has 0 aromatic rings. The zero-order valence-electron chi connectivity index (χ0n) is 12.4. The Morgan fingerprint density at radius 2 is 1.30 bits per heavy atom. The maximum Gasteiger partial charge on any atom is 0.460 e. The van der Waals surface area contributed by atoms with Crippen LogP contribution in [0.4, 0.5) is 39.5 Å². The number of rotatable bonds is 7. The number of hydrogen-bond donors (Lipinski definition) is 1. The molecule has 0 rings (SSSR count). The molecule has 0 saturated heterocycles. The summed E-state index contributed by atoms with van der Waals surface area (Å²) in [6, 6.07) is 0. The Labute approximate surface area is 126 Å². The van der Waals surface area contributed by atoms with Crippen molar-refractivity contribution in [1.82, 2.24) is 5.32 Å². The lowest BCUT2D eigenvalue weighted by Gasteiger charge is -2.33. The maximum absolute atomic E-state index is 13.2. The Morgan fingerprint density at radius 3 is 1.65 bits per heavy atom. The number of amides is 1. The van der Waals surface area contributed by atoms with Gasteiger partial charge in [0, 0.05) is 18.4 Å². The molecule has 0 aliphatic carbocycles. The molecule has 0 spiro atoms. The van der Waals surface area contributed by atoms with Crippen LogP contribution in [0.2, 0.25) is 0 Å². The molecule has 0 aliphatic rings. The molecular formula is C12H16F9NO. The first kappa shape index (κ1) is 21.8. The van der Waals surface area contributed by atoms with Crippen molar-refractivity contribution in [3.63, 3.8) is 0 Å². The highest BCUT2D eigenvalue weighted by Gasteiger charge is 2.81. The molecular weight excluding hydrogens is 345 g/mol. The Morgan fingerprint density at radius 1 is 0.870 bits per heavy atom. The third kappa shape index (κ3) is 4.23. The van der Waals surface area contributed by atoms with E-state index in [0.29, 0.717) is 0 Å². The molecule has 0 atom stereocenters. The van der Waals surface area contributed by atoms with Gasteiger partial charge in [0.2, 0.25) is 5.91 Å². The van der Waals surface area contributed by atoms with Crippen LogP contribution in [0.15, 0.2) is 0 Å². The smallest absolute Gasteiger partial charge is 0.355 e. The number of carbonyl (C=O) groups is 1. The van der Waals surface area contributed by atoms with Crippen LogP contribution in [0.1, 0.15) is 33.6 Å². The van der Waals surface area contributed by atoms with Gasteiger partial charge >= 0.3 is 23.9 Å². The molecule has 2 nitrogen and oxygen atoms in total. The van der Waals surface area contributed by atoms with Crippen molar-refractivity contribution in [2.24, 2.45) is 5.41 Å². The van der Waals surface area contributed by atoms with Gasteiger partial charge in [-0.05, 0) is 6.42 Å². The van der Waals surface area contributed by atoms with E-state index in [9.17, 15) is 44.3 Å². The quantitative estimate of drug-likeness (QED) is 0.670. The van der Waals surface area contributed by atoms with Gasteiger partial charge < -0.3 is 5.32 Å². The van der Waals surface area contributed by atoms with Gasteiger partial charge in [-0.3, -0.25) is 4.79 Å². The summed E-state index contributed by atoms with van der Waals surface area (Å²) in [6.07, 6.45) is -8.65. The zero-order chi connectivity index (χ0) is 18.9. The van der Waals surface area contributed by atoms with E-state index in [1.807, 2.05) is 5.32 Å². The SMILES string of the molecule is CCC(C)(C)C(=O)NCCC(F)(F)C(F)(F)C(F)(F)C(F)(F)F. The first-order chi connectivity index (χ1) is 9.94. The maximum atomic E-state index is 13.2. The normalized spacial score (nSPS) is 14.8. The Kier molecular flexibility index (Phi) is 6.06. The lowest BCUT2D eigenvalue weighted by Crippen LogP contribution is -2.61. The van der Waals surface area contributed by atoms with Gasteiger partial charge in [0.05, 0.1) is 0 Å². The Bertz CT molecular complexity index is 429. The monoisotopic (exact) mass is 361 g/mol. The second-order valence-corrected chi connectivity index (χ2v) is 5.59. The number of carbonyl (C=O) groups excluding carboxylic acids is 1. The van der Waals surface area contributed by atoms with Gasteiger partial charge in [-0.1, -0.05) is 20.8 Å². The fraction of sp³-hybridized carbons (Fsp3) is 0.917. The van der Waals surface area contributed by atoms with Crippen molar-refractivity contribution in [3.05, 3.63) is 0 Å². The van der Waals surface area contributed by atoms with Gasteiger partial charge in [0.25, 0.3) is 0 Å². The van der Waals surface area contributed by atoms with E-state index < -0.39 is 48.2 Å². The van der Waals surface area contributed by atoms with Crippen LogP contribution in [0.3, 0.4) is 0 Å². The van der Waals surface area contributed by atoms with E-state index in [2.05, 4.69) is 0 Å². The van der Waals surface area contributed by atoms with E-state index in [1.165, 1.54) is 13.8 Å². The van der Waals surface area contributed by atoms with Gasteiger partial charge in [-0.15, -0.1) is 0 Å². The van der Waals surface area contributed by atoms with E-state index in [-0.39, 0.29) is 6.42 Å². The van der Waals surface area contributed by atoms with Crippen LogP contribution < -0.4 is 5.32 Å². The van der Waals surface area contributed by atoms with Crippen molar-refractivity contribution in [3.8, 4) is 0 Å². The second kappa shape index (κ2) is 6.39. The lowest BCUT2D eigenvalue weighted by atomic mass is 9.89. The van der Waals surface area contributed by atoms with E-state index in [1.54, 1.807) is 6.92 Å². The highest BCUT2D eigenvalue weighted by Crippen LogP contribution is 2.53. The molecule has 11 heteroatoms. The predicted octanol–water partition coefficient (Wildman–Crippen LogP) is 4.40. The average molecular weight is 361 g/mol. The Hall–Kier alpha value is -1.16. The molecule has 0 bridgehead atoms. The third-order valence-electron chi connectivity index (χ3n) is 3.43. The summed E-state index contributed by atoms with van der Waals surface area (Å²) in [6.45, 7) is 3.21. The zero-order valence-corrected chi connectivity index (χ0v) is 12.4. The second-order valence-electron chi connectivity index (χ2n) is 5.59. The summed E-state index contributed by atoms with van der Waals surface area (Å²) in [4.78, 5) is 11.5. The standard InChI is InChI=1S/C12H16F9NO/c1-4-8(2,3)7(23)22-6-5-9(13,14)10(15,16)11(17,18)12(19,20)21/h4-6H2,1-3H3,(H,22,23). The molecule has 138 valence electrons. The molecule has 0 saturated carbocycles. The third-order valence-corrected chi connectivity index (χ3v) is 3.43. The fourth-order valence-corrected chi connectivity index (χ4v) is 1.30. The Balaban J connectivity index is 5.04. The van der Waals surface area contributed by atoms with Crippen molar-refractivity contribution in [1.29, 1.82) is 0 Å². The van der Waals surface area contributed by atoms with Crippen LogP contribution in [0, 0.1) is 5.41 Å². The molecule has 0 aromatic carbocycles. The summed E-state index contributed by atoms with van der Waals surface area (Å²) < 4.78 is 113. The van der Waals surface area contributed by atoms with Gasteiger partial charge in [-0.25, -0.2) is 0 Å². The largest absolute Gasteiger partial charge is 0.460 e. The minimum Gasteiger partial charge on any atom is -0.355 e. The van der Waals surface area contributed by atoms with Crippen molar-refractivity contribution in [2.75, 3.05) is 6.54 Å². The summed E-state index contributed by atoms with van der Waals surface area (Å²) in [5, 5.41) is 1.81. The van der Waals surface area contributed by atoms with Crippen LogP contribution >= 0.6 is 0 Å². The van der Waals surface area contributed by atoms with E-state index >= 15 is 0 Å². The lowest BCUT2D eigenvalue weighted by molar-refractivity contribution is -0.396. The molecule has 0 heterocycles. The summed E-state index contributed by atoms with van der Waals surface area (Å²) >= 11 is 0. The molecule has 0 fully saturated rings. The van der Waals surface area contributed by atoms with Crippen LogP contribution in [0.5, 0.6) is 0 Å². The highest BCUT2D eigenvalue weighted by molar-refractivity contribution is 5.81. The topological polar surface area (TPSA) is 29.1 Å². The fourth-order valence-electron chi connectivity index (χ4n) is 1.30. The first-order valence-corrected chi connectivity index (χ1v) is 6.42. The molecule has 23 heavy (non-hydrogen) atoms. The summed E-state index contributed by atoms with van der Waals surface area (Å²) in [5.41, 5.74) is -1.03. The minimum absolute atomic E-state index is 0.261. The molecule has 1 amide bonds. The molecule has 0 unspecified atom stereocenters. The molecule has 1 N–H and O–H groups in total. The van der Waals surface area contributed by atoms with Gasteiger partial charge in [0.1, 0.15) is 0 Å². The number of alkyl halides is 9. The van der Waals surface area contributed by atoms with E-state index in [4.69, 9.17) is 0 Å². The van der Waals surface area contributed by atoms with Crippen molar-refractivity contribution < 1.29 is 44.3 Å². The minimum atomic E-state index is -6.91. The van der Waals surface area contributed by atoms with Crippen LogP contribution in [-0.4, -0.2) is 36.4 Å². The molecule has 0 radical (unpaired) electrons. The highest BCUT2D eigenvalue weighted by atomic mass is 19.4.